The highest BCUT2D eigenvalue weighted by Crippen LogP contribution is 2.30. The number of aromatic nitrogens is 3. The zero-order valence-corrected chi connectivity index (χ0v) is 11.3. The Morgan fingerprint density at radius 3 is 2.95 bits per heavy atom. The van der Waals surface area contributed by atoms with Gasteiger partial charge in [0.25, 0.3) is 0 Å². The topological polar surface area (TPSA) is 69.9 Å². The summed E-state index contributed by atoms with van der Waals surface area (Å²) in [7, 11) is 1.80. The summed E-state index contributed by atoms with van der Waals surface area (Å²) in [5, 5.41) is 8.64. The quantitative estimate of drug-likeness (QED) is 0.795. The number of nitrogens with two attached hydrogens (primary N) is 1. The fraction of sp³-hybridized carbons (Fsp3) is 0.286. The van der Waals surface area contributed by atoms with Crippen LogP contribution in [0, 0.1) is 12.7 Å². The van der Waals surface area contributed by atoms with Crippen LogP contribution in [0.1, 0.15) is 23.1 Å². The molecule has 20 heavy (non-hydrogen) atoms. The number of aryl methyl sites for hydroxylation is 2. The zero-order chi connectivity index (χ0) is 14.3. The van der Waals surface area contributed by atoms with Crippen LogP contribution in [-0.4, -0.2) is 15.0 Å². The van der Waals surface area contributed by atoms with Crippen molar-refractivity contribution in [2.75, 3.05) is 0 Å². The van der Waals surface area contributed by atoms with Crippen LogP contribution in [-0.2, 0) is 13.5 Å². The van der Waals surface area contributed by atoms with E-state index in [-0.39, 0.29) is 11.9 Å². The van der Waals surface area contributed by atoms with Gasteiger partial charge in [-0.1, -0.05) is 5.21 Å². The van der Waals surface area contributed by atoms with Crippen molar-refractivity contribution in [2.24, 2.45) is 12.8 Å². The fourth-order valence-electron chi connectivity index (χ4n) is 2.37. The first-order chi connectivity index (χ1) is 9.54. The lowest BCUT2D eigenvalue weighted by Gasteiger charge is -2.07. The number of furan rings is 1. The Hall–Kier alpha value is -2.21. The number of fused-ring (bicyclic) bond motifs is 1. The lowest BCUT2D eigenvalue weighted by Crippen LogP contribution is -2.13. The van der Waals surface area contributed by atoms with E-state index >= 15 is 0 Å². The third-order valence-electron chi connectivity index (χ3n) is 3.35. The maximum atomic E-state index is 13.3. The van der Waals surface area contributed by atoms with E-state index in [9.17, 15) is 4.39 Å². The molecule has 2 N–H and O–H groups in total. The van der Waals surface area contributed by atoms with E-state index in [0.717, 1.165) is 16.6 Å². The van der Waals surface area contributed by atoms with Gasteiger partial charge in [-0.2, -0.15) is 0 Å². The average molecular weight is 274 g/mol. The van der Waals surface area contributed by atoms with Crippen LogP contribution in [0.25, 0.3) is 11.0 Å². The van der Waals surface area contributed by atoms with Crippen LogP contribution in [0.4, 0.5) is 4.39 Å². The molecule has 0 saturated carbocycles. The van der Waals surface area contributed by atoms with Gasteiger partial charge in [0, 0.05) is 30.6 Å². The van der Waals surface area contributed by atoms with Crippen LogP contribution in [0.5, 0.6) is 0 Å². The highest BCUT2D eigenvalue weighted by Gasteiger charge is 2.19. The standard InChI is InChI=1S/C14H15FN4O/c1-8-11-5-9(15)3-4-13(11)20-14(8)12(16)6-10-7-19(2)18-17-10/h3-5,7,12H,6,16H2,1-2H3. The van der Waals surface area contributed by atoms with Gasteiger partial charge in [-0.05, 0) is 25.1 Å². The van der Waals surface area contributed by atoms with Crippen LogP contribution >= 0.6 is 0 Å². The second-order valence-electron chi connectivity index (χ2n) is 4.93. The Morgan fingerprint density at radius 2 is 2.25 bits per heavy atom. The van der Waals surface area contributed by atoms with E-state index in [4.69, 9.17) is 10.2 Å². The molecular weight excluding hydrogens is 259 g/mol. The van der Waals surface area contributed by atoms with E-state index < -0.39 is 0 Å². The van der Waals surface area contributed by atoms with Gasteiger partial charge < -0.3 is 10.2 Å². The van der Waals surface area contributed by atoms with Gasteiger partial charge in [-0.25, -0.2) is 4.39 Å². The van der Waals surface area contributed by atoms with Crippen molar-refractivity contribution in [1.82, 2.24) is 15.0 Å². The molecule has 5 nitrogen and oxygen atoms in total. The number of nitrogens with zero attached hydrogens (tertiary/aromatic N) is 3. The van der Waals surface area contributed by atoms with Crippen molar-refractivity contribution in [3.63, 3.8) is 0 Å². The second kappa shape index (κ2) is 4.72. The summed E-state index contributed by atoms with van der Waals surface area (Å²) in [6.07, 6.45) is 2.34. The summed E-state index contributed by atoms with van der Waals surface area (Å²) in [5.74, 6) is 0.381. The Bertz CT molecular complexity index is 762. The highest BCUT2D eigenvalue weighted by atomic mass is 19.1. The molecule has 3 rings (SSSR count). The van der Waals surface area contributed by atoms with Gasteiger partial charge in [-0.15, -0.1) is 5.10 Å². The maximum Gasteiger partial charge on any atom is 0.134 e. The molecule has 0 spiro atoms. The lowest BCUT2D eigenvalue weighted by molar-refractivity contribution is 0.487. The van der Waals surface area contributed by atoms with Crippen molar-refractivity contribution >= 4 is 11.0 Å². The predicted molar refractivity (Wildman–Crippen MR) is 72.5 cm³/mol. The number of benzene rings is 1. The minimum Gasteiger partial charge on any atom is -0.459 e. The summed E-state index contributed by atoms with van der Waals surface area (Å²) in [6, 6.07) is 4.13. The molecule has 3 aromatic rings. The fourth-order valence-corrected chi connectivity index (χ4v) is 2.37. The third-order valence-corrected chi connectivity index (χ3v) is 3.35. The lowest BCUT2D eigenvalue weighted by atomic mass is 10.0. The molecule has 0 amide bonds. The molecule has 2 heterocycles. The molecule has 1 aromatic carbocycles. The molecule has 0 aliphatic heterocycles. The normalized spacial score (nSPS) is 13.0. The van der Waals surface area contributed by atoms with Crippen molar-refractivity contribution in [3.8, 4) is 0 Å². The van der Waals surface area contributed by atoms with Crippen molar-refractivity contribution in [3.05, 3.63) is 47.2 Å². The molecule has 0 radical (unpaired) electrons. The molecule has 1 atom stereocenters. The molecule has 0 fully saturated rings. The van der Waals surface area contributed by atoms with Crippen LogP contribution in [0.2, 0.25) is 0 Å². The first kappa shape index (κ1) is 12.8. The summed E-state index contributed by atoms with van der Waals surface area (Å²) in [4.78, 5) is 0. The summed E-state index contributed by atoms with van der Waals surface area (Å²) in [6.45, 7) is 1.89. The van der Waals surface area contributed by atoms with Gasteiger partial charge >= 0.3 is 0 Å². The molecule has 0 aliphatic carbocycles. The molecule has 0 saturated heterocycles. The van der Waals surface area contributed by atoms with Gasteiger partial charge in [0.2, 0.25) is 0 Å². The first-order valence-corrected chi connectivity index (χ1v) is 6.34. The minimum absolute atomic E-state index is 0.282. The van der Waals surface area contributed by atoms with Gasteiger partial charge in [0.1, 0.15) is 17.2 Å². The van der Waals surface area contributed by atoms with E-state index in [0.29, 0.717) is 17.8 Å². The smallest absolute Gasteiger partial charge is 0.134 e. The average Bonchev–Trinajstić information content (AvgIpc) is 2.94. The van der Waals surface area contributed by atoms with E-state index in [2.05, 4.69) is 10.3 Å². The zero-order valence-electron chi connectivity index (χ0n) is 11.3. The molecule has 6 heteroatoms. The van der Waals surface area contributed by atoms with Crippen LogP contribution < -0.4 is 5.73 Å². The Balaban J connectivity index is 1.95. The molecular formula is C14H15FN4O. The van der Waals surface area contributed by atoms with Gasteiger partial charge in [0.05, 0.1) is 11.7 Å². The Morgan fingerprint density at radius 1 is 1.45 bits per heavy atom. The second-order valence-corrected chi connectivity index (χ2v) is 4.93. The Labute approximate surface area is 115 Å². The molecule has 1 unspecified atom stereocenters. The van der Waals surface area contributed by atoms with E-state index in [1.807, 2.05) is 13.1 Å². The largest absolute Gasteiger partial charge is 0.459 e. The SMILES string of the molecule is Cc1c(C(N)Cc2cn(C)nn2)oc2ccc(F)cc12. The monoisotopic (exact) mass is 274 g/mol. The number of halogens is 1. The van der Waals surface area contributed by atoms with Crippen molar-refractivity contribution < 1.29 is 8.81 Å². The van der Waals surface area contributed by atoms with Gasteiger partial charge in [-0.3, -0.25) is 4.68 Å². The molecule has 104 valence electrons. The highest BCUT2D eigenvalue weighted by molar-refractivity contribution is 5.82. The molecule has 0 bridgehead atoms. The number of hydrogen-bond donors (Lipinski definition) is 1. The van der Waals surface area contributed by atoms with Crippen molar-refractivity contribution in [1.29, 1.82) is 0 Å². The minimum atomic E-state index is -0.331. The van der Waals surface area contributed by atoms with Gasteiger partial charge in [0.15, 0.2) is 0 Å². The maximum absolute atomic E-state index is 13.3. The first-order valence-electron chi connectivity index (χ1n) is 6.34. The Kier molecular flexibility index (Phi) is 3.02. The van der Waals surface area contributed by atoms with Crippen LogP contribution in [0.3, 0.4) is 0 Å². The van der Waals surface area contributed by atoms with E-state index in [1.165, 1.54) is 12.1 Å². The third kappa shape index (κ3) is 2.18. The summed E-state index contributed by atoms with van der Waals surface area (Å²) in [5.41, 5.74) is 8.49. The van der Waals surface area contributed by atoms with Crippen molar-refractivity contribution in [2.45, 2.75) is 19.4 Å². The number of hydrogen-bond acceptors (Lipinski definition) is 4. The predicted octanol–water partition coefficient (Wildman–Crippen LogP) is 2.25. The van der Waals surface area contributed by atoms with Crippen LogP contribution in [0.15, 0.2) is 28.8 Å². The molecule has 2 aromatic heterocycles. The van der Waals surface area contributed by atoms with E-state index in [1.54, 1.807) is 17.8 Å². The number of rotatable bonds is 3. The summed E-state index contributed by atoms with van der Waals surface area (Å²) < 4.78 is 20.7. The molecule has 0 aliphatic rings. The summed E-state index contributed by atoms with van der Waals surface area (Å²) >= 11 is 0.